The quantitative estimate of drug-likeness (QED) is 0.491. The number of rotatable bonds is 5. The van der Waals surface area contributed by atoms with E-state index in [1.165, 1.54) is 33.0 Å². The second kappa shape index (κ2) is 6.62. The average Bonchev–Trinajstić information content (AvgIpc) is 2.59. The van der Waals surface area contributed by atoms with Crippen molar-refractivity contribution in [2.24, 2.45) is 0 Å². The van der Waals surface area contributed by atoms with Gasteiger partial charge in [0.25, 0.3) is 0 Å². The Morgan fingerprint density at radius 2 is 1.41 bits per heavy atom. The highest BCUT2D eigenvalue weighted by Gasteiger charge is 2.01. The molecular formula is C22H22. The molecule has 0 nitrogen and oxygen atoms in total. The summed E-state index contributed by atoms with van der Waals surface area (Å²) in [6.07, 6.45) is 5.17. The Balaban J connectivity index is 1.90. The molecule has 3 aromatic carbocycles. The number of allylic oxidation sites excluding steroid dienone is 1. The molecule has 0 aromatic heterocycles. The van der Waals surface area contributed by atoms with Gasteiger partial charge in [-0.25, -0.2) is 0 Å². The molecule has 0 N–H and O–H groups in total. The minimum Gasteiger partial charge on any atom is -0.103 e. The van der Waals surface area contributed by atoms with Crippen LogP contribution in [0, 0.1) is 0 Å². The molecule has 0 aliphatic rings. The number of hydrogen-bond donors (Lipinski definition) is 0. The highest BCUT2D eigenvalue weighted by atomic mass is 14.1. The summed E-state index contributed by atoms with van der Waals surface area (Å²) in [4.78, 5) is 0. The van der Waals surface area contributed by atoms with E-state index >= 15 is 0 Å². The second-order valence-electron chi connectivity index (χ2n) is 5.77. The Bertz CT molecular complexity index is 779. The number of hydrogen-bond acceptors (Lipinski definition) is 0. The fourth-order valence-electron chi connectivity index (χ4n) is 2.83. The molecule has 0 bridgehead atoms. The minimum atomic E-state index is 1.04. The van der Waals surface area contributed by atoms with Gasteiger partial charge in [0.2, 0.25) is 0 Å². The first-order valence-corrected chi connectivity index (χ1v) is 8.03. The van der Waals surface area contributed by atoms with Gasteiger partial charge in [-0.05, 0) is 58.4 Å². The molecule has 0 aliphatic carbocycles. The minimum absolute atomic E-state index is 1.04. The summed E-state index contributed by atoms with van der Waals surface area (Å²) >= 11 is 0. The van der Waals surface area contributed by atoms with Gasteiger partial charge in [-0.15, -0.1) is 6.58 Å². The third-order valence-electron chi connectivity index (χ3n) is 4.24. The van der Waals surface area contributed by atoms with E-state index in [1.54, 1.807) is 0 Å². The van der Waals surface area contributed by atoms with Crippen molar-refractivity contribution < 1.29 is 0 Å². The van der Waals surface area contributed by atoms with Crippen LogP contribution in [0.25, 0.3) is 21.9 Å². The fourth-order valence-corrected chi connectivity index (χ4v) is 2.83. The van der Waals surface area contributed by atoms with Crippen LogP contribution in [0.5, 0.6) is 0 Å². The Morgan fingerprint density at radius 1 is 0.773 bits per heavy atom. The summed E-state index contributed by atoms with van der Waals surface area (Å²) in [5, 5.41) is 2.64. The maximum Gasteiger partial charge on any atom is -0.0178 e. The van der Waals surface area contributed by atoms with Crippen molar-refractivity contribution in [3.05, 3.63) is 84.4 Å². The summed E-state index contributed by atoms with van der Waals surface area (Å²) in [5.41, 5.74) is 5.33. The van der Waals surface area contributed by atoms with Crippen LogP contribution in [-0.4, -0.2) is 0 Å². The van der Waals surface area contributed by atoms with Gasteiger partial charge in [-0.3, -0.25) is 0 Å². The van der Waals surface area contributed by atoms with Crippen LogP contribution in [0.2, 0.25) is 0 Å². The number of fused-ring (bicyclic) bond motifs is 1. The van der Waals surface area contributed by atoms with Gasteiger partial charge in [-0.1, -0.05) is 67.6 Å². The molecule has 0 heteroatoms. The maximum atomic E-state index is 3.78. The first-order chi connectivity index (χ1) is 10.8. The summed E-state index contributed by atoms with van der Waals surface area (Å²) in [6, 6.07) is 22.4. The van der Waals surface area contributed by atoms with Crippen molar-refractivity contribution in [2.45, 2.75) is 26.2 Å². The largest absolute Gasteiger partial charge is 0.103 e. The fraction of sp³-hybridized carbons (Fsp3) is 0.182. The molecule has 0 spiro atoms. The highest BCUT2D eigenvalue weighted by Crippen LogP contribution is 2.26. The molecule has 0 saturated carbocycles. The predicted molar refractivity (Wildman–Crippen MR) is 97.3 cm³/mol. The molecule has 0 amide bonds. The second-order valence-corrected chi connectivity index (χ2v) is 5.77. The van der Waals surface area contributed by atoms with Gasteiger partial charge < -0.3 is 0 Å². The van der Waals surface area contributed by atoms with Crippen molar-refractivity contribution in [3.63, 3.8) is 0 Å². The lowest BCUT2D eigenvalue weighted by molar-refractivity contribution is 1.00. The molecule has 0 atom stereocenters. The topological polar surface area (TPSA) is 0 Å². The van der Waals surface area contributed by atoms with Crippen LogP contribution in [-0.2, 0) is 12.8 Å². The molecule has 110 valence electrons. The van der Waals surface area contributed by atoms with Crippen molar-refractivity contribution >= 4 is 10.8 Å². The Morgan fingerprint density at radius 3 is 2.14 bits per heavy atom. The summed E-state index contributed by atoms with van der Waals surface area (Å²) < 4.78 is 0. The standard InChI is InChI=1S/C22H22/c1-3-5-6-18-8-10-19(11-9-18)21-14-13-20-15-17(4-2)7-12-22(20)16-21/h3,7-16H,1,4-6H2,2H3. The zero-order valence-corrected chi connectivity index (χ0v) is 13.2. The van der Waals surface area contributed by atoms with E-state index in [0.29, 0.717) is 0 Å². The van der Waals surface area contributed by atoms with Crippen LogP contribution < -0.4 is 0 Å². The molecular weight excluding hydrogens is 264 g/mol. The van der Waals surface area contributed by atoms with Crippen LogP contribution in [0.3, 0.4) is 0 Å². The SMILES string of the molecule is C=CCCc1ccc(-c2ccc3cc(CC)ccc3c2)cc1. The van der Waals surface area contributed by atoms with Crippen molar-refractivity contribution in [2.75, 3.05) is 0 Å². The summed E-state index contributed by atoms with van der Waals surface area (Å²) in [6.45, 7) is 5.98. The van der Waals surface area contributed by atoms with E-state index in [2.05, 4.69) is 74.2 Å². The number of aryl methyl sites for hydroxylation is 2. The van der Waals surface area contributed by atoms with Gasteiger partial charge >= 0.3 is 0 Å². The molecule has 3 aromatic rings. The Hall–Kier alpha value is -2.34. The van der Waals surface area contributed by atoms with E-state index in [0.717, 1.165) is 19.3 Å². The van der Waals surface area contributed by atoms with E-state index in [9.17, 15) is 0 Å². The van der Waals surface area contributed by atoms with Gasteiger partial charge in [0.1, 0.15) is 0 Å². The molecule has 0 aliphatic heterocycles. The molecule has 3 rings (SSSR count). The third kappa shape index (κ3) is 3.12. The molecule has 22 heavy (non-hydrogen) atoms. The highest BCUT2D eigenvalue weighted by molar-refractivity contribution is 5.87. The summed E-state index contributed by atoms with van der Waals surface area (Å²) in [7, 11) is 0. The van der Waals surface area contributed by atoms with Gasteiger partial charge in [0, 0.05) is 0 Å². The zero-order chi connectivity index (χ0) is 15.4. The molecule has 0 heterocycles. The number of benzene rings is 3. The monoisotopic (exact) mass is 286 g/mol. The van der Waals surface area contributed by atoms with Crippen molar-refractivity contribution in [1.29, 1.82) is 0 Å². The van der Waals surface area contributed by atoms with E-state index < -0.39 is 0 Å². The van der Waals surface area contributed by atoms with E-state index in [4.69, 9.17) is 0 Å². The lowest BCUT2D eigenvalue weighted by Gasteiger charge is -2.07. The normalized spacial score (nSPS) is 10.8. The van der Waals surface area contributed by atoms with E-state index in [-0.39, 0.29) is 0 Å². The van der Waals surface area contributed by atoms with Crippen LogP contribution >= 0.6 is 0 Å². The first kappa shape index (κ1) is 14.6. The third-order valence-corrected chi connectivity index (χ3v) is 4.24. The predicted octanol–water partition coefficient (Wildman–Crippen LogP) is 6.19. The molecule has 0 fully saturated rings. The Labute approximate surface area is 133 Å². The first-order valence-electron chi connectivity index (χ1n) is 8.03. The molecule has 0 radical (unpaired) electrons. The van der Waals surface area contributed by atoms with Crippen molar-refractivity contribution in [3.8, 4) is 11.1 Å². The zero-order valence-electron chi connectivity index (χ0n) is 13.2. The molecule has 0 unspecified atom stereocenters. The lowest BCUT2D eigenvalue weighted by Crippen LogP contribution is -1.85. The van der Waals surface area contributed by atoms with Crippen LogP contribution in [0.1, 0.15) is 24.5 Å². The van der Waals surface area contributed by atoms with Crippen LogP contribution in [0.4, 0.5) is 0 Å². The lowest BCUT2D eigenvalue weighted by atomic mass is 9.98. The molecule has 0 saturated heterocycles. The van der Waals surface area contributed by atoms with Gasteiger partial charge in [0.15, 0.2) is 0 Å². The average molecular weight is 286 g/mol. The van der Waals surface area contributed by atoms with Crippen molar-refractivity contribution in [1.82, 2.24) is 0 Å². The summed E-state index contributed by atoms with van der Waals surface area (Å²) in [5.74, 6) is 0. The van der Waals surface area contributed by atoms with Gasteiger partial charge in [0.05, 0.1) is 0 Å². The maximum absolute atomic E-state index is 3.78. The van der Waals surface area contributed by atoms with Gasteiger partial charge in [-0.2, -0.15) is 0 Å². The van der Waals surface area contributed by atoms with Crippen LogP contribution in [0.15, 0.2) is 73.3 Å². The smallest absolute Gasteiger partial charge is 0.0178 e. The Kier molecular flexibility index (Phi) is 4.39. The van der Waals surface area contributed by atoms with E-state index in [1.807, 2.05) is 6.08 Å².